The van der Waals surface area contributed by atoms with Gasteiger partial charge in [-0.25, -0.2) is 9.18 Å². The minimum atomic E-state index is -1.12. The van der Waals surface area contributed by atoms with Crippen LogP contribution in [-0.2, 0) is 4.79 Å². The van der Waals surface area contributed by atoms with Crippen LogP contribution >= 0.6 is 0 Å². The number of methoxy groups -OCH3 is 1. The normalized spacial score (nSPS) is 12.1. The first-order valence-corrected chi connectivity index (χ1v) is 6.22. The second kappa shape index (κ2) is 6.88. The highest BCUT2D eigenvalue weighted by atomic mass is 19.1. The molecule has 20 heavy (non-hydrogen) atoms. The summed E-state index contributed by atoms with van der Waals surface area (Å²) in [5.41, 5.74) is -0.0255. The Hall–Kier alpha value is -2.11. The molecule has 1 aromatic rings. The lowest BCUT2D eigenvalue weighted by atomic mass is 10.0. The molecule has 0 aliphatic heterocycles. The summed E-state index contributed by atoms with van der Waals surface area (Å²) in [6.45, 7) is 3.70. The van der Waals surface area contributed by atoms with E-state index in [1.807, 2.05) is 13.8 Å². The van der Waals surface area contributed by atoms with E-state index in [9.17, 15) is 14.0 Å². The number of hydrogen-bond donors (Lipinski definition) is 2. The number of hydrogen-bond acceptors (Lipinski definition) is 3. The lowest BCUT2D eigenvalue weighted by Gasteiger charge is -2.17. The zero-order valence-corrected chi connectivity index (χ0v) is 11.6. The number of benzene rings is 1. The van der Waals surface area contributed by atoms with E-state index in [2.05, 4.69) is 5.32 Å². The van der Waals surface area contributed by atoms with Crippen molar-refractivity contribution in [3.8, 4) is 5.75 Å². The molecule has 0 bridgehead atoms. The van der Waals surface area contributed by atoms with Gasteiger partial charge in [0, 0.05) is 0 Å². The van der Waals surface area contributed by atoms with Crippen molar-refractivity contribution in [3.63, 3.8) is 0 Å². The third kappa shape index (κ3) is 4.22. The molecule has 1 rings (SSSR count). The van der Waals surface area contributed by atoms with Crippen molar-refractivity contribution in [2.24, 2.45) is 5.92 Å². The van der Waals surface area contributed by atoms with Gasteiger partial charge < -0.3 is 15.2 Å². The Kier molecular flexibility index (Phi) is 5.49. The second-order valence-electron chi connectivity index (χ2n) is 4.84. The van der Waals surface area contributed by atoms with Gasteiger partial charge in [-0.1, -0.05) is 13.8 Å². The van der Waals surface area contributed by atoms with Gasteiger partial charge in [0.05, 0.1) is 12.7 Å². The number of carbonyl (C=O) groups is 2. The first-order valence-electron chi connectivity index (χ1n) is 6.22. The van der Waals surface area contributed by atoms with E-state index in [1.54, 1.807) is 0 Å². The summed E-state index contributed by atoms with van der Waals surface area (Å²) < 4.78 is 18.2. The fourth-order valence-corrected chi connectivity index (χ4v) is 1.79. The molecular weight excluding hydrogens is 265 g/mol. The number of ether oxygens (including phenoxy) is 1. The maximum Gasteiger partial charge on any atom is 0.326 e. The monoisotopic (exact) mass is 283 g/mol. The lowest BCUT2D eigenvalue weighted by Crippen LogP contribution is -2.41. The molecule has 1 aromatic carbocycles. The van der Waals surface area contributed by atoms with Crippen LogP contribution in [0.3, 0.4) is 0 Å². The van der Waals surface area contributed by atoms with E-state index in [-0.39, 0.29) is 17.2 Å². The highest BCUT2D eigenvalue weighted by Crippen LogP contribution is 2.19. The number of nitrogens with one attached hydrogen (secondary N) is 1. The minimum absolute atomic E-state index is 0.0255. The molecule has 0 saturated heterocycles. The van der Waals surface area contributed by atoms with Crippen molar-refractivity contribution in [2.75, 3.05) is 7.11 Å². The van der Waals surface area contributed by atoms with Crippen LogP contribution in [0.5, 0.6) is 5.75 Å². The maximum absolute atomic E-state index is 13.2. The molecule has 0 spiro atoms. The van der Waals surface area contributed by atoms with Crippen molar-refractivity contribution >= 4 is 11.9 Å². The highest BCUT2D eigenvalue weighted by molar-refractivity contribution is 5.98. The summed E-state index contributed by atoms with van der Waals surface area (Å²) in [6.07, 6.45) is 0.290. The minimum Gasteiger partial charge on any atom is -0.496 e. The van der Waals surface area contributed by atoms with E-state index in [0.717, 1.165) is 6.07 Å². The van der Waals surface area contributed by atoms with Crippen LogP contribution in [0.25, 0.3) is 0 Å². The maximum atomic E-state index is 13.2. The largest absolute Gasteiger partial charge is 0.496 e. The molecule has 0 aliphatic carbocycles. The quantitative estimate of drug-likeness (QED) is 0.838. The number of rotatable bonds is 6. The first-order chi connectivity index (χ1) is 9.35. The topological polar surface area (TPSA) is 75.6 Å². The number of carboxylic acids is 1. The number of carbonyl (C=O) groups excluding carboxylic acids is 1. The van der Waals surface area contributed by atoms with E-state index in [0.29, 0.717) is 6.42 Å². The standard InChI is InChI=1S/C14H18FNO4/c1-8(2)6-11(14(18)19)16-13(17)10-7-9(15)4-5-12(10)20-3/h4-5,7-8,11H,6H2,1-3H3,(H,16,17)(H,18,19)/t11-/m0/s1. The highest BCUT2D eigenvalue weighted by Gasteiger charge is 2.23. The van der Waals surface area contributed by atoms with Gasteiger partial charge >= 0.3 is 5.97 Å². The summed E-state index contributed by atoms with van der Waals surface area (Å²) in [7, 11) is 1.35. The Labute approximate surface area is 116 Å². The van der Waals surface area contributed by atoms with Gasteiger partial charge in [-0.15, -0.1) is 0 Å². The van der Waals surface area contributed by atoms with Gasteiger partial charge in [0.1, 0.15) is 17.6 Å². The van der Waals surface area contributed by atoms with Gasteiger partial charge in [-0.05, 0) is 30.5 Å². The van der Waals surface area contributed by atoms with Crippen LogP contribution in [0.2, 0.25) is 0 Å². The van der Waals surface area contributed by atoms with E-state index in [1.165, 1.54) is 19.2 Å². The zero-order valence-electron chi connectivity index (χ0n) is 11.6. The van der Waals surface area contributed by atoms with Gasteiger partial charge in [0.2, 0.25) is 0 Å². The molecule has 110 valence electrons. The molecule has 1 atom stereocenters. The second-order valence-corrected chi connectivity index (χ2v) is 4.84. The molecule has 0 aromatic heterocycles. The molecule has 2 N–H and O–H groups in total. The van der Waals surface area contributed by atoms with Crippen molar-refractivity contribution in [1.82, 2.24) is 5.32 Å². The molecule has 6 heteroatoms. The third-order valence-corrected chi connectivity index (χ3v) is 2.72. The van der Waals surface area contributed by atoms with E-state index < -0.39 is 23.7 Å². The smallest absolute Gasteiger partial charge is 0.326 e. The Morgan fingerprint density at radius 3 is 2.55 bits per heavy atom. The number of carboxylic acid groups (broad SMARTS) is 1. The van der Waals surface area contributed by atoms with Crippen LogP contribution < -0.4 is 10.1 Å². The molecule has 0 unspecified atom stereocenters. The van der Waals surface area contributed by atoms with Gasteiger partial charge in [0.15, 0.2) is 0 Å². The molecule has 1 amide bonds. The van der Waals surface area contributed by atoms with Crippen LogP contribution in [0, 0.1) is 11.7 Å². The van der Waals surface area contributed by atoms with E-state index >= 15 is 0 Å². The first kappa shape index (κ1) is 15.9. The van der Waals surface area contributed by atoms with Crippen molar-refractivity contribution in [3.05, 3.63) is 29.6 Å². The molecule has 0 saturated carbocycles. The molecule has 0 heterocycles. The van der Waals surface area contributed by atoms with E-state index in [4.69, 9.17) is 9.84 Å². The number of amides is 1. The average molecular weight is 283 g/mol. The Bertz CT molecular complexity index is 502. The Morgan fingerprint density at radius 1 is 1.40 bits per heavy atom. The van der Waals surface area contributed by atoms with Gasteiger partial charge in [-0.2, -0.15) is 0 Å². The Balaban J connectivity index is 2.94. The fourth-order valence-electron chi connectivity index (χ4n) is 1.79. The molecule has 0 radical (unpaired) electrons. The van der Waals surface area contributed by atoms with Gasteiger partial charge in [-0.3, -0.25) is 4.79 Å². The summed E-state index contributed by atoms with van der Waals surface area (Å²) in [5.74, 6) is -2.09. The fraction of sp³-hybridized carbons (Fsp3) is 0.429. The summed E-state index contributed by atoms with van der Waals surface area (Å²) in [5, 5.41) is 11.5. The number of halogens is 1. The summed E-state index contributed by atoms with van der Waals surface area (Å²) >= 11 is 0. The average Bonchev–Trinajstić information content (AvgIpc) is 2.37. The lowest BCUT2D eigenvalue weighted by molar-refractivity contribution is -0.139. The molecule has 0 aliphatic rings. The van der Waals surface area contributed by atoms with Crippen LogP contribution in [0.1, 0.15) is 30.6 Å². The molecular formula is C14H18FNO4. The molecule has 5 nitrogen and oxygen atoms in total. The van der Waals surface area contributed by atoms with Crippen molar-refractivity contribution in [2.45, 2.75) is 26.3 Å². The van der Waals surface area contributed by atoms with Crippen LogP contribution in [0.15, 0.2) is 18.2 Å². The molecule has 0 fully saturated rings. The van der Waals surface area contributed by atoms with Crippen LogP contribution in [0.4, 0.5) is 4.39 Å². The number of aliphatic carboxylic acids is 1. The van der Waals surface area contributed by atoms with Gasteiger partial charge in [0.25, 0.3) is 5.91 Å². The Morgan fingerprint density at radius 2 is 2.05 bits per heavy atom. The third-order valence-electron chi connectivity index (χ3n) is 2.72. The van der Waals surface area contributed by atoms with Crippen molar-refractivity contribution < 1.29 is 23.8 Å². The predicted octanol–water partition coefficient (Wildman–Crippen LogP) is 2.06. The van der Waals surface area contributed by atoms with Crippen LogP contribution in [-0.4, -0.2) is 30.1 Å². The zero-order chi connectivity index (χ0) is 15.3. The predicted molar refractivity (Wildman–Crippen MR) is 71.3 cm³/mol. The van der Waals surface area contributed by atoms with Crippen molar-refractivity contribution in [1.29, 1.82) is 0 Å². The summed E-state index contributed by atoms with van der Waals surface area (Å²) in [6, 6.07) is 2.49. The summed E-state index contributed by atoms with van der Waals surface area (Å²) in [4.78, 5) is 23.2. The SMILES string of the molecule is COc1ccc(F)cc1C(=O)N[C@@H](CC(C)C)C(=O)O.